The number of carbonyl (C=O) groups excluding carboxylic acids is 4. The number of allylic oxidation sites excluding steroid dienone is 1. The minimum absolute atomic E-state index is 0.0196. The van der Waals surface area contributed by atoms with E-state index in [9.17, 15) is 18.0 Å². The lowest BCUT2D eigenvalue weighted by Crippen LogP contribution is -2.58. The van der Waals surface area contributed by atoms with Crippen molar-refractivity contribution in [2.45, 2.75) is 132 Å². The van der Waals surface area contributed by atoms with Gasteiger partial charge in [-0.1, -0.05) is 75.2 Å². The first-order valence-corrected chi connectivity index (χ1v) is 28.7. The highest BCUT2D eigenvalue weighted by Gasteiger charge is 2.63. The van der Waals surface area contributed by atoms with Crippen molar-refractivity contribution in [3.8, 4) is 22.2 Å². The summed E-state index contributed by atoms with van der Waals surface area (Å²) in [5, 5.41) is 9.97. The predicted molar refractivity (Wildman–Crippen MR) is 288 cm³/mol. The zero-order valence-electron chi connectivity index (χ0n) is 43.3. The van der Waals surface area contributed by atoms with Crippen LogP contribution in [0, 0.1) is 12.8 Å². The van der Waals surface area contributed by atoms with Crippen molar-refractivity contribution in [2.24, 2.45) is 5.92 Å². The molecule has 1 unspecified atom stereocenters. The number of carbonyl (C=O) groups is 4. The van der Waals surface area contributed by atoms with Crippen molar-refractivity contribution in [3.05, 3.63) is 113 Å². The number of amides is 4. The molecule has 3 N–H and O–H groups in total. The van der Waals surface area contributed by atoms with Crippen LogP contribution in [-0.2, 0) is 35.6 Å². The largest absolute Gasteiger partial charge is 0.496 e. The molecule has 10 rings (SSSR count). The number of nitrogens with one attached hydrogen (secondary N) is 3. The normalized spacial score (nSPS) is 25.3. The van der Waals surface area contributed by atoms with Gasteiger partial charge in [-0.2, -0.15) is 0 Å². The van der Waals surface area contributed by atoms with Crippen LogP contribution in [0.15, 0.2) is 90.3 Å². The van der Waals surface area contributed by atoms with Crippen LogP contribution < -0.4 is 24.8 Å². The van der Waals surface area contributed by atoms with E-state index in [2.05, 4.69) is 29.2 Å². The summed E-state index contributed by atoms with van der Waals surface area (Å²) < 4.78 is 46.8. The Labute approximate surface area is 443 Å². The number of rotatable bonds is 13. The Morgan fingerprint density at radius 3 is 2.57 bits per heavy atom. The van der Waals surface area contributed by atoms with Crippen molar-refractivity contribution in [1.29, 1.82) is 0 Å². The number of fused-ring (bicyclic) bond motifs is 3. The number of hydrogen-bond acceptors (Lipinski definition) is 13. The van der Waals surface area contributed by atoms with Crippen molar-refractivity contribution < 1.29 is 41.8 Å². The molecule has 6 atom stereocenters. The Hall–Kier alpha value is -6.37. The number of aryl methyl sites for hydroxylation is 1. The number of thiazole rings is 1. The molecule has 0 radical (unpaired) electrons. The first kappa shape index (κ1) is 52.1. The highest BCUT2D eigenvalue weighted by atomic mass is 32.2. The van der Waals surface area contributed by atoms with Crippen LogP contribution in [-0.4, -0.2) is 120 Å². The van der Waals surface area contributed by atoms with Gasteiger partial charge in [0.05, 0.1) is 48.9 Å². The molecule has 2 aliphatic carbocycles. The molecule has 5 aliphatic rings. The van der Waals surface area contributed by atoms with Gasteiger partial charge in [-0.15, -0.1) is 11.3 Å². The number of sulfonamides is 1. The third kappa shape index (κ3) is 10.9. The summed E-state index contributed by atoms with van der Waals surface area (Å²) in [6.45, 7) is 9.03. The second kappa shape index (κ2) is 21.3. The quantitative estimate of drug-likeness (QED) is 0.0960. The van der Waals surface area contributed by atoms with Crippen LogP contribution in [0.4, 0.5) is 5.69 Å². The van der Waals surface area contributed by atoms with Gasteiger partial charge in [-0.05, 0) is 101 Å². The van der Waals surface area contributed by atoms with Gasteiger partial charge in [-0.3, -0.25) is 23.9 Å². The average molecular weight is 1060 g/mol. The van der Waals surface area contributed by atoms with E-state index in [1.807, 2.05) is 90.0 Å². The molecule has 0 bridgehead atoms. The van der Waals surface area contributed by atoms with E-state index in [4.69, 9.17) is 24.2 Å². The van der Waals surface area contributed by atoms with E-state index in [-0.39, 0.29) is 43.2 Å². The number of pyridine rings is 1. The van der Waals surface area contributed by atoms with Crippen LogP contribution in [0.3, 0.4) is 0 Å². The number of ether oxygens (including phenoxy) is 3. The Morgan fingerprint density at radius 2 is 1.81 bits per heavy atom. The van der Waals surface area contributed by atoms with E-state index in [1.54, 1.807) is 31.1 Å². The molecule has 3 aliphatic heterocycles. The molecule has 75 heavy (non-hydrogen) atoms. The molecule has 2 saturated carbocycles. The molecule has 16 nitrogen and oxygen atoms in total. The lowest BCUT2D eigenvalue weighted by atomic mass is 10.0. The number of methoxy groups -OCH3 is 1. The first-order chi connectivity index (χ1) is 36.1. The third-order valence-corrected chi connectivity index (χ3v) is 18.8. The molecular weight excluding hydrogens is 991 g/mol. The van der Waals surface area contributed by atoms with Crippen molar-refractivity contribution in [1.82, 2.24) is 29.8 Å². The summed E-state index contributed by atoms with van der Waals surface area (Å²) in [6, 6.07) is 20.8. The molecule has 2 aromatic heterocycles. The standard InChI is InChI=1S/C57H67N7O9S2/c1-35(2)46-34-74-52(60-46)45-30-49(43-21-22-48(71-5)36(3)50(43)59-45)73-42-29-47-51(65)61-57(55(68)62-75(69,70)56(4)23-24-56)31-39(57)18-12-7-6-8-13-20-44(54(67)64(47)32-42)58-40-19-14-17-38(28-40)53(66)63-25-26-72-33-41(63)27-37-15-10-9-11-16-37/h9-12,14-19,21-22,28,30,34-35,39,41-42,44,47,58H,6-8,13,20,23-27,29,31-33H2,1-5H3,(H,61,65)(H,62,68)/b18-12-/t39-,41?,42+,44-,47-,57+/m0/s1. The topological polar surface area (TPSA) is 198 Å². The predicted octanol–water partition coefficient (Wildman–Crippen LogP) is 8.11. The third-order valence-electron chi connectivity index (χ3n) is 15.7. The monoisotopic (exact) mass is 1060 g/mol. The summed E-state index contributed by atoms with van der Waals surface area (Å²) in [6.07, 6.45) is 8.40. The van der Waals surface area contributed by atoms with Crippen LogP contribution in [0.5, 0.6) is 11.5 Å². The van der Waals surface area contributed by atoms with Gasteiger partial charge in [0.2, 0.25) is 21.8 Å². The van der Waals surface area contributed by atoms with E-state index in [1.165, 1.54) is 11.3 Å². The van der Waals surface area contributed by atoms with Gasteiger partial charge in [0.25, 0.3) is 11.8 Å². The van der Waals surface area contributed by atoms with Gasteiger partial charge < -0.3 is 34.6 Å². The number of hydrogen-bond donors (Lipinski definition) is 3. The van der Waals surface area contributed by atoms with Crippen LogP contribution in [0.1, 0.15) is 112 Å². The molecular formula is C57H67N7O9S2. The summed E-state index contributed by atoms with van der Waals surface area (Å²) in [7, 11) is -2.42. The summed E-state index contributed by atoms with van der Waals surface area (Å²) in [5.41, 5.74) is 3.63. The minimum atomic E-state index is -4.03. The SMILES string of the molecule is COc1ccc2c(O[C@@H]3C[C@H]4C(=O)N[C@]5(C(=O)NS(=O)(=O)C6(C)CC6)C[C@@H]5/C=C\CCCCC[C@H](Nc5cccc(C(=O)N6CCOCC6Cc6ccccc6)c5)C(=O)N4C3)cc(-c3nc(C(C)C)cs3)nc2c1C. The van der Waals surface area contributed by atoms with E-state index in [0.29, 0.717) is 103 Å². The van der Waals surface area contributed by atoms with Crippen LogP contribution >= 0.6 is 11.3 Å². The summed E-state index contributed by atoms with van der Waals surface area (Å²) >= 11 is 1.49. The highest BCUT2D eigenvalue weighted by Crippen LogP contribution is 2.48. The second-order valence-corrected chi connectivity index (χ2v) is 24.5. The Kier molecular flexibility index (Phi) is 14.8. The lowest BCUT2D eigenvalue weighted by Gasteiger charge is -2.36. The smallest absolute Gasteiger partial charge is 0.259 e. The summed E-state index contributed by atoms with van der Waals surface area (Å²) in [4.78, 5) is 72.6. The number of aromatic nitrogens is 2. The molecule has 2 saturated heterocycles. The van der Waals surface area contributed by atoms with Crippen molar-refractivity contribution in [3.63, 3.8) is 0 Å². The molecule has 4 amide bonds. The molecule has 5 aromatic rings. The fraction of sp³-hybridized carbons (Fsp3) is 0.474. The van der Waals surface area contributed by atoms with Gasteiger partial charge in [0.1, 0.15) is 45.9 Å². The maximum absolute atomic E-state index is 15.5. The zero-order chi connectivity index (χ0) is 52.6. The second-order valence-electron chi connectivity index (χ2n) is 21.4. The molecule has 4 fully saturated rings. The maximum Gasteiger partial charge on any atom is 0.259 e. The lowest BCUT2D eigenvalue weighted by molar-refractivity contribution is -0.140. The van der Waals surface area contributed by atoms with E-state index in [0.717, 1.165) is 29.7 Å². The molecule has 396 valence electrons. The molecule has 5 heterocycles. The molecule has 0 spiro atoms. The number of nitrogens with zero attached hydrogens (tertiary/aromatic N) is 4. The highest BCUT2D eigenvalue weighted by molar-refractivity contribution is 7.91. The fourth-order valence-corrected chi connectivity index (χ4v) is 12.9. The summed E-state index contributed by atoms with van der Waals surface area (Å²) in [5.74, 6) is -0.949. The maximum atomic E-state index is 15.5. The number of morpholine rings is 1. The van der Waals surface area contributed by atoms with Gasteiger partial charge >= 0.3 is 0 Å². The number of anilines is 1. The van der Waals surface area contributed by atoms with E-state index >= 15 is 9.59 Å². The first-order valence-electron chi connectivity index (χ1n) is 26.3. The van der Waals surface area contributed by atoms with Crippen molar-refractivity contribution in [2.75, 3.05) is 38.7 Å². The molecule has 18 heteroatoms. The number of benzene rings is 3. The van der Waals surface area contributed by atoms with Gasteiger partial charge in [0.15, 0.2) is 0 Å². The Bertz CT molecular complexity index is 3120. The average Bonchev–Trinajstić information content (AvgIpc) is 4.22. The Morgan fingerprint density at radius 1 is 1.00 bits per heavy atom. The minimum Gasteiger partial charge on any atom is -0.496 e. The van der Waals surface area contributed by atoms with Gasteiger partial charge in [-0.25, -0.2) is 18.4 Å². The molecule has 3 aromatic carbocycles. The van der Waals surface area contributed by atoms with E-state index < -0.39 is 56.2 Å². The van der Waals surface area contributed by atoms with Crippen LogP contribution in [0.25, 0.3) is 21.6 Å². The fourth-order valence-electron chi connectivity index (χ4n) is 10.7. The van der Waals surface area contributed by atoms with Crippen LogP contribution in [0.2, 0.25) is 0 Å². The zero-order valence-corrected chi connectivity index (χ0v) is 44.9. The van der Waals surface area contributed by atoms with Gasteiger partial charge in [0, 0.05) is 52.5 Å². The van der Waals surface area contributed by atoms with Crippen molar-refractivity contribution >= 4 is 61.6 Å². The Balaban J connectivity index is 0.976.